The van der Waals surface area contributed by atoms with E-state index in [2.05, 4.69) is 9.71 Å². The third-order valence-electron chi connectivity index (χ3n) is 4.71. The Labute approximate surface area is 172 Å². The van der Waals surface area contributed by atoms with Crippen LogP contribution in [0.1, 0.15) is 23.4 Å². The fourth-order valence-electron chi connectivity index (χ4n) is 3.37. The number of benzene rings is 1. The van der Waals surface area contributed by atoms with E-state index < -0.39 is 10.0 Å². The molecule has 0 saturated heterocycles. The lowest BCUT2D eigenvalue weighted by Crippen LogP contribution is -2.24. The van der Waals surface area contributed by atoms with Crippen LogP contribution in [0, 0.1) is 13.8 Å². The summed E-state index contributed by atoms with van der Waals surface area (Å²) in [5.41, 5.74) is 2.81. The number of halogens is 1. The van der Waals surface area contributed by atoms with Crippen LogP contribution in [0.5, 0.6) is 5.75 Å². The zero-order chi connectivity index (χ0) is 20.8. The minimum absolute atomic E-state index is 0.0229. The monoisotopic (exact) mass is 433 g/mol. The minimum atomic E-state index is -3.92. The van der Waals surface area contributed by atoms with Crippen LogP contribution in [-0.4, -0.2) is 24.9 Å². The van der Waals surface area contributed by atoms with Gasteiger partial charge in [0.15, 0.2) is 4.96 Å². The van der Waals surface area contributed by atoms with Gasteiger partial charge < -0.3 is 4.74 Å². The van der Waals surface area contributed by atoms with E-state index in [-0.39, 0.29) is 22.9 Å². The van der Waals surface area contributed by atoms with Crippen molar-refractivity contribution in [2.45, 2.75) is 31.6 Å². The first kappa shape index (κ1) is 19.7. The first-order chi connectivity index (χ1) is 13.8. The molecule has 0 bridgehead atoms. The summed E-state index contributed by atoms with van der Waals surface area (Å²) < 4.78 is 49.2. The van der Waals surface area contributed by atoms with Crippen molar-refractivity contribution >= 4 is 26.3 Å². The number of thiazole rings is 1. The molecule has 6 nitrogen and oxygen atoms in total. The van der Waals surface area contributed by atoms with E-state index in [0.29, 0.717) is 12.1 Å². The lowest BCUT2D eigenvalue weighted by atomic mass is 10.1. The molecule has 3 aromatic rings. The molecule has 0 saturated carbocycles. The van der Waals surface area contributed by atoms with Gasteiger partial charge in [-0.05, 0) is 50.6 Å². The molecule has 152 valence electrons. The number of ether oxygens (including phenoxy) is 1. The number of sulfonamides is 1. The summed E-state index contributed by atoms with van der Waals surface area (Å²) in [5.74, 6) is -0.0295. The van der Waals surface area contributed by atoms with Crippen molar-refractivity contribution in [2.75, 3.05) is 7.11 Å². The molecule has 1 N–H and O–H groups in total. The first-order valence-electron chi connectivity index (χ1n) is 9.00. The number of fused-ring (bicyclic) bond motifs is 1. The average molecular weight is 434 g/mol. The number of allylic oxidation sites excluding steroid dienone is 4. The largest absolute Gasteiger partial charge is 0.495 e. The summed E-state index contributed by atoms with van der Waals surface area (Å²) in [6.07, 6.45) is 5.18. The number of aryl methyl sites for hydroxylation is 2. The molecule has 0 unspecified atom stereocenters. The molecule has 0 amide bonds. The predicted octanol–water partition coefficient (Wildman–Crippen LogP) is 4.50. The van der Waals surface area contributed by atoms with Gasteiger partial charge in [-0.15, -0.1) is 11.3 Å². The number of imidazole rings is 1. The smallest absolute Gasteiger partial charge is 0.265 e. The van der Waals surface area contributed by atoms with Gasteiger partial charge in [-0.1, -0.05) is 0 Å². The van der Waals surface area contributed by atoms with Crippen molar-refractivity contribution in [2.24, 2.45) is 0 Å². The predicted molar refractivity (Wildman–Crippen MR) is 111 cm³/mol. The molecular formula is C20H20FN3O3S2. The van der Waals surface area contributed by atoms with Gasteiger partial charge in [0.05, 0.1) is 18.5 Å². The van der Waals surface area contributed by atoms with E-state index in [9.17, 15) is 12.8 Å². The number of aromatic nitrogens is 2. The van der Waals surface area contributed by atoms with E-state index >= 15 is 0 Å². The zero-order valence-corrected chi connectivity index (χ0v) is 17.8. The third-order valence-corrected chi connectivity index (χ3v) is 7.03. The van der Waals surface area contributed by atoms with E-state index in [0.717, 1.165) is 26.8 Å². The van der Waals surface area contributed by atoms with E-state index in [4.69, 9.17) is 4.74 Å². The van der Waals surface area contributed by atoms with Crippen LogP contribution in [0.4, 0.5) is 4.39 Å². The Morgan fingerprint density at radius 3 is 2.72 bits per heavy atom. The Morgan fingerprint density at radius 1 is 1.24 bits per heavy atom. The van der Waals surface area contributed by atoms with Gasteiger partial charge in [0, 0.05) is 28.8 Å². The Morgan fingerprint density at radius 2 is 2.03 bits per heavy atom. The van der Waals surface area contributed by atoms with Crippen molar-refractivity contribution in [3.63, 3.8) is 0 Å². The molecule has 0 aliphatic heterocycles. The number of nitrogens with zero attached hydrogens (tertiary/aromatic N) is 2. The molecule has 9 heteroatoms. The molecule has 4 rings (SSSR count). The SMILES string of the molecule is COc1ccc(-c2c(C)nc3sc(C)cn23)cc1S(=O)(=O)NC1=CC=C(F)CC1. The van der Waals surface area contributed by atoms with Crippen LogP contribution >= 0.6 is 11.3 Å². The van der Waals surface area contributed by atoms with E-state index in [1.54, 1.807) is 23.5 Å². The van der Waals surface area contributed by atoms with Crippen molar-refractivity contribution in [3.05, 3.63) is 58.6 Å². The fraction of sp³-hybridized carbons (Fsp3) is 0.250. The number of hydrogen-bond donors (Lipinski definition) is 1. The van der Waals surface area contributed by atoms with Gasteiger partial charge in [-0.2, -0.15) is 0 Å². The minimum Gasteiger partial charge on any atom is -0.495 e. The fourth-order valence-corrected chi connectivity index (χ4v) is 5.57. The highest BCUT2D eigenvalue weighted by Crippen LogP contribution is 2.34. The summed E-state index contributed by atoms with van der Waals surface area (Å²) in [6.45, 7) is 3.90. The Kier molecular flexibility index (Phi) is 4.95. The van der Waals surface area contributed by atoms with E-state index in [1.807, 2.05) is 30.5 Å². The van der Waals surface area contributed by atoms with Gasteiger partial charge >= 0.3 is 0 Å². The van der Waals surface area contributed by atoms with Gasteiger partial charge in [-0.25, -0.2) is 17.8 Å². The molecule has 0 fully saturated rings. The highest BCUT2D eigenvalue weighted by Gasteiger charge is 2.24. The number of nitrogens with one attached hydrogen (secondary N) is 1. The average Bonchev–Trinajstić information content (AvgIpc) is 3.17. The molecule has 29 heavy (non-hydrogen) atoms. The highest BCUT2D eigenvalue weighted by atomic mass is 32.2. The molecule has 2 heterocycles. The Bertz CT molecular complexity index is 1270. The van der Waals surface area contributed by atoms with Crippen LogP contribution in [0.3, 0.4) is 0 Å². The quantitative estimate of drug-likeness (QED) is 0.643. The summed E-state index contributed by atoms with van der Waals surface area (Å²) in [7, 11) is -2.49. The van der Waals surface area contributed by atoms with Gasteiger partial charge in [0.1, 0.15) is 16.5 Å². The van der Waals surface area contributed by atoms with Crippen molar-refractivity contribution in [3.8, 4) is 17.0 Å². The number of hydrogen-bond acceptors (Lipinski definition) is 5. The van der Waals surface area contributed by atoms with Crippen LogP contribution in [0.2, 0.25) is 0 Å². The highest BCUT2D eigenvalue weighted by molar-refractivity contribution is 7.89. The van der Waals surface area contributed by atoms with Gasteiger partial charge in [0.25, 0.3) is 10.0 Å². The molecule has 0 spiro atoms. The second-order valence-electron chi connectivity index (χ2n) is 6.82. The first-order valence-corrected chi connectivity index (χ1v) is 11.3. The lowest BCUT2D eigenvalue weighted by Gasteiger charge is -2.16. The van der Waals surface area contributed by atoms with Crippen molar-refractivity contribution in [1.82, 2.24) is 14.1 Å². The molecule has 1 aliphatic carbocycles. The van der Waals surface area contributed by atoms with Crippen LogP contribution in [0.15, 0.2) is 53.0 Å². The summed E-state index contributed by atoms with van der Waals surface area (Å²) in [5, 5.41) is 0. The summed E-state index contributed by atoms with van der Waals surface area (Å²) in [4.78, 5) is 6.57. The second-order valence-corrected chi connectivity index (χ2v) is 9.68. The maximum absolute atomic E-state index is 13.2. The molecular weight excluding hydrogens is 413 g/mol. The normalized spacial score (nSPS) is 14.6. The Hall–Kier alpha value is -2.65. The van der Waals surface area contributed by atoms with Crippen LogP contribution in [0.25, 0.3) is 16.2 Å². The molecule has 1 aliphatic rings. The van der Waals surface area contributed by atoms with Gasteiger partial charge in [-0.3, -0.25) is 9.12 Å². The molecule has 0 atom stereocenters. The third kappa shape index (κ3) is 3.67. The molecule has 2 aromatic heterocycles. The van der Waals surface area contributed by atoms with Crippen LogP contribution < -0.4 is 9.46 Å². The topological polar surface area (TPSA) is 72.7 Å². The maximum atomic E-state index is 13.2. The summed E-state index contributed by atoms with van der Waals surface area (Å²) in [6, 6.07) is 5.04. The van der Waals surface area contributed by atoms with Crippen molar-refractivity contribution in [1.29, 1.82) is 0 Å². The number of methoxy groups -OCH3 is 1. The Balaban J connectivity index is 1.80. The second kappa shape index (κ2) is 7.31. The molecule has 1 aromatic carbocycles. The lowest BCUT2D eigenvalue weighted by molar-refractivity contribution is 0.402. The summed E-state index contributed by atoms with van der Waals surface area (Å²) >= 11 is 1.58. The van der Waals surface area contributed by atoms with Gasteiger partial charge in [0.2, 0.25) is 0 Å². The molecule has 0 radical (unpaired) electrons. The standard InChI is InChI=1S/C20H20FN3O3S2/c1-12-11-24-19(13(2)22-20(24)28-12)14-4-9-17(27-3)18(10-14)29(25,26)23-16-7-5-15(21)6-8-16/h4-5,7,9-11,23H,6,8H2,1-3H3. The van der Waals surface area contributed by atoms with E-state index in [1.165, 1.54) is 19.3 Å². The van der Waals surface area contributed by atoms with Crippen LogP contribution in [-0.2, 0) is 10.0 Å². The number of rotatable bonds is 5. The maximum Gasteiger partial charge on any atom is 0.265 e. The van der Waals surface area contributed by atoms with Crippen molar-refractivity contribution < 1.29 is 17.5 Å². The zero-order valence-electron chi connectivity index (χ0n) is 16.2.